The minimum absolute atomic E-state index is 0.0533. The molecule has 1 fully saturated rings. The van der Waals surface area contributed by atoms with Crippen molar-refractivity contribution in [2.45, 2.75) is 25.4 Å². The van der Waals surface area contributed by atoms with E-state index >= 15 is 0 Å². The van der Waals surface area contributed by atoms with Crippen LogP contribution in [0.2, 0.25) is 0 Å². The molecule has 4 N–H and O–H groups in total. The summed E-state index contributed by atoms with van der Waals surface area (Å²) in [5.74, 6) is -0.515. The molecular weight excluding hydrogens is 369 g/mol. The molecule has 2 aromatic carbocycles. The van der Waals surface area contributed by atoms with Gasteiger partial charge in [0.15, 0.2) is 0 Å². The van der Waals surface area contributed by atoms with Crippen LogP contribution in [0.3, 0.4) is 0 Å². The van der Waals surface area contributed by atoms with Crippen LogP contribution in [0.25, 0.3) is 11.1 Å². The van der Waals surface area contributed by atoms with Gasteiger partial charge in [0.1, 0.15) is 5.82 Å². The number of hydrogen-bond donors (Lipinski definition) is 2. The van der Waals surface area contributed by atoms with Gasteiger partial charge >= 0.3 is 0 Å². The smallest absolute Gasteiger partial charge is 0.248 e. The Labute approximate surface area is 168 Å². The second kappa shape index (κ2) is 7.97. The third-order valence-corrected chi connectivity index (χ3v) is 5.27. The Kier molecular flexibility index (Phi) is 5.22. The van der Waals surface area contributed by atoms with Crippen LogP contribution in [0.1, 0.15) is 40.5 Å². The van der Waals surface area contributed by atoms with Crippen molar-refractivity contribution in [2.24, 2.45) is 5.73 Å². The van der Waals surface area contributed by atoms with E-state index in [0.29, 0.717) is 12.1 Å². The highest BCUT2D eigenvalue weighted by Crippen LogP contribution is 2.37. The maximum absolute atomic E-state index is 13.2. The molecule has 1 aliphatic rings. The normalized spacial score (nSPS) is 16.8. The average Bonchev–Trinajstić information content (AvgIpc) is 3.17. The van der Waals surface area contributed by atoms with Crippen molar-refractivity contribution in [1.82, 2.24) is 14.9 Å². The zero-order chi connectivity index (χ0) is 20.4. The summed E-state index contributed by atoms with van der Waals surface area (Å²) in [5.41, 5.74) is 15.3. The largest absolute Gasteiger partial charge is 0.368 e. The maximum atomic E-state index is 13.2. The molecule has 0 spiro atoms. The molecule has 1 amide bonds. The van der Waals surface area contributed by atoms with Gasteiger partial charge in [-0.3, -0.25) is 9.69 Å². The minimum Gasteiger partial charge on any atom is -0.368 e. The molecule has 2 heterocycles. The van der Waals surface area contributed by atoms with Crippen molar-refractivity contribution >= 4 is 11.9 Å². The Morgan fingerprint density at radius 2 is 2.00 bits per heavy atom. The Morgan fingerprint density at radius 3 is 2.76 bits per heavy atom. The number of aromatic nitrogens is 2. The van der Waals surface area contributed by atoms with Gasteiger partial charge in [-0.1, -0.05) is 24.3 Å². The Balaban J connectivity index is 1.70. The van der Waals surface area contributed by atoms with Crippen molar-refractivity contribution in [1.29, 1.82) is 0 Å². The van der Waals surface area contributed by atoms with Crippen molar-refractivity contribution in [2.75, 3.05) is 12.3 Å². The van der Waals surface area contributed by atoms with E-state index in [9.17, 15) is 9.18 Å². The molecule has 0 unspecified atom stereocenters. The van der Waals surface area contributed by atoms with Crippen LogP contribution in [0, 0.1) is 5.82 Å². The zero-order valence-corrected chi connectivity index (χ0v) is 15.9. The highest BCUT2D eigenvalue weighted by Gasteiger charge is 2.30. The van der Waals surface area contributed by atoms with Gasteiger partial charge in [0.25, 0.3) is 0 Å². The van der Waals surface area contributed by atoms with Gasteiger partial charge in [-0.25, -0.2) is 14.4 Å². The molecule has 148 valence electrons. The van der Waals surface area contributed by atoms with E-state index in [1.54, 1.807) is 36.5 Å². The van der Waals surface area contributed by atoms with Gasteiger partial charge in [-0.2, -0.15) is 0 Å². The lowest BCUT2D eigenvalue weighted by Crippen LogP contribution is -2.24. The van der Waals surface area contributed by atoms with E-state index < -0.39 is 5.91 Å². The van der Waals surface area contributed by atoms with Crippen LogP contribution in [0.4, 0.5) is 10.3 Å². The summed E-state index contributed by atoms with van der Waals surface area (Å²) in [6.07, 6.45) is 3.66. The fourth-order valence-electron chi connectivity index (χ4n) is 3.88. The number of amides is 1. The maximum Gasteiger partial charge on any atom is 0.248 e. The molecule has 0 aliphatic carbocycles. The fourth-order valence-corrected chi connectivity index (χ4v) is 3.88. The zero-order valence-electron chi connectivity index (χ0n) is 15.9. The number of halogens is 1. The SMILES string of the molecule is NC(=O)c1cccc(-c2cnc(N)nc2[C@@H]2CCCN2Cc2ccc(F)cc2)c1. The number of primary amides is 1. The van der Waals surface area contributed by atoms with Gasteiger partial charge in [-0.15, -0.1) is 0 Å². The average molecular weight is 391 g/mol. The van der Waals surface area contributed by atoms with E-state index in [1.165, 1.54) is 12.1 Å². The summed E-state index contributed by atoms with van der Waals surface area (Å²) in [4.78, 5) is 22.6. The summed E-state index contributed by atoms with van der Waals surface area (Å²) in [6, 6.07) is 13.7. The number of hydrogen-bond acceptors (Lipinski definition) is 5. The number of likely N-dealkylation sites (tertiary alicyclic amines) is 1. The van der Waals surface area contributed by atoms with Gasteiger partial charge in [0.2, 0.25) is 11.9 Å². The van der Waals surface area contributed by atoms with Gasteiger partial charge in [0.05, 0.1) is 11.7 Å². The fraction of sp³-hybridized carbons (Fsp3) is 0.227. The van der Waals surface area contributed by atoms with Gasteiger partial charge < -0.3 is 11.5 Å². The van der Waals surface area contributed by atoms with Crippen molar-refractivity contribution in [3.8, 4) is 11.1 Å². The number of carbonyl (C=O) groups excluding carboxylic acids is 1. The first-order valence-electron chi connectivity index (χ1n) is 9.52. The van der Waals surface area contributed by atoms with E-state index in [1.807, 2.05) is 6.07 Å². The first-order valence-corrected chi connectivity index (χ1v) is 9.52. The standard InChI is InChI=1S/C22H22FN5O/c23-17-8-6-14(7-9-17)13-28-10-2-5-19(28)20-18(12-26-22(25)27-20)15-3-1-4-16(11-15)21(24)29/h1,3-4,6-9,11-12,19H,2,5,10,13H2,(H2,24,29)(H2,25,26,27)/t19-/m0/s1. The second-order valence-corrected chi connectivity index (χ2v) is 7.23. The summed E-state index contributed by atoms with van der Waals surface area (Å²) in [7, 11) is 0. The number of nitrogen functional groups attached to an aromatic ring is 1. The molecule has 29 heavy (non-hydrogen) atoms. The Hall–Kier alpha value is -3.32. The number of nitrogens with zero attached hydrogens (tertiary/aromatic N) is 3. The molecule has 6 nitrogen and oxygen atoms in total. The first kappa shape index (κ1) is 19.0. The summed E-state index contributed by atoms with van der Waals surface area (Å²) >= 11 is 0. The molecule has 4 rings (SSSR count). The number of benzene rings is 2. The van der Waals surface area contributed by atoms with Crippen LogP contribution < -0.4 is 11.5 Å². The highest BCUT2D eigenvalue weighted by atomic mass is 19.1. The molecule has 0 bridgehead atoms. The molecule has 1 aromatic heterocycles. The van der Waals surface area contributed by atoms with Crippen LogP contribution in [0.15, 0.2) is 54.7 Å². The lowest BCUT2D eigenvalue weighted by Gasteiger charge is -2.26. The van der Waals surface area contributed by atoms with Gasteiger partial charge in [-0.05, 0) is 54.8 Å². The monoisotopic (exact) mass is 391 g/mol. The van der Waals surface area contributed by atoms with Crippen LogP contribution in [-0.2, 0) is 6.54 Å². The number of nitrogens with two attached hydrogens (primary N) is 2. The first-order chi connectivity index (χ1) is 14.0. The number of rotatable bonds is 5. The number of carbonyl (C=O) groups is 1. The minimum atomic E-state index is -0.483. The molecule has 1 saturated heterocycles. The van der Waals surface area contributed by atoms with Crippen molar-refractivity contribution in [3.63, 3.8) is 0 Å². The molecule has 7 heteroatoms. The highest BCUT2D eigenvalue weighted by molar-refractivity contribution is 5.94. The van der Waals surface area contributed by atoms with E-state index in [-0.39, 0.29) is 17.8 Å². The third kappa shape index (κ3) is 4.09. The quantitative estimate of drug-likeness (QED) is 0.695. The summed E-state index contributed by atoms with van der Waals surface area (Å²) < 4.78 is 13.2. The molecule has 1 atom stereocenters. The Bertz CT molecular complexity index is 1040. The molecular formula is C22H22FN5O. The van der Waals surface area contributed by atoms with Crippen LogP contribution in [0.5, 0.6) is 0 Å². The summed E-state index contributed by atoms with van der Waals surface area (Å²) in [5, 5.41) is 0. The molecule has 3 aromatic rings. The van der Waals surface area contributed by atoms with E-state index in [2.05, 4.69) is 14.9 Å². The topological polar surface area (TPSA) is 98.1 Å². The van der Waals surface area contributed by atoms with E-state index in [4.69, 9.17) is 11.5 Å². The van der Waals surface area contributed by atoms with Crippen molar-refractivity contribution < 1.29 is 9.18 Å². The second-order valence-electron chi connectivity index (χ2n) is 7.23. The van der Waals surface area contributed by atoms with Crippen LogP contribution in [-0.4, -0.2) is 27.3 Å². The molecule has 0 radical (unpaired) electrons. The van der Waals surface area contributed by atoms with Crippen molar-refractivity contribution in [3.05, 3.63) is 77.4 Å². The van der Waals surface area contributed by atoms with Gasteiger partial charge in [0, 0.05) is 23.9 Å². The number of anilines is 1. The predicted molar refractivity (Wildman–Crippen MR) is 109 cm³/mol. The summed E-state index contributed by atoms with van der Waals surface area (Å²) in [6.45, 7) is 1.60. The molecule has 0 saturated carbocycles. The van der Waals surface area contributed by atoms with E-state index in [0.717, 1.165) is 41.8 Å². The third-order valence-electron chi connectivity index (χ3n) is 5.27. The lowest BCUT2D eigenvalue weighted by atomic mass is 9.98. The Morgan fingerprint density at radius 1 is 1.21 bits per heavy atom. The van der Waals surface area contributed by atoms with Crippen LogP contribution >= 0.6 is 0 Å². The molecule has 1 aliphatic heterocycles. The lowest BCUT2D eigenvalue weighted by molar-refractivity contribution is 0.100. The predicted octanol–water partition coefficient (Wildman–Crippen LogP) is 3.30.